The highest BCUT2D eigenvalue weighted by atomic mass is 35.5. The van der Waals surface area contributed by atoms with Gasteiger partial charge in [0, 0.05) is 35.9 Å². The molecule has 0 saturated carbocycles. The molecule has 0 aliphatic carbocycles. The fourth-order valence-electron chi connectivity index (χ4n) is 4.26. The van der Waals surface area contributed by atoms with E-state index in [-0.39, 0.29) is 5.91 Å². The molecule has 5 aromatic rings. The minimum Gasteiger partial charge on any atom is -0.457 e. The molecule has 4 aromatic carbocycles. The number of anilines is 1. The fourth-order valence-corrected chi connectivity index (χ4v) is 4.77. The molecule has 0 fully saturated rings. The second-order valence-corrected chi connectivity index (χ2v) is 10.0. The summed E-state index contributed by atoms with van der Waals surface area (Å²) in [7, 11) is 0. The Kier molecular flexibility index (Phi) is 8.34. The number of aromatic nitrogens is 2. The van der Waals surface area contributed by atoms with Gasteiger partial charge in [0.25, 0.3) is 0 Å². The van der Waals surface area contributed by atoms with E-state index in [0.29, 0.717) is 15.8 Å². The van der Waals surface area contributed by atoms with Crippen LogP contribution in [0.25, 0.3) is 34.5 Å². The number of ether oxygens (including phenoxy) is 1. The summed E-state index contributed by atoms with van der Waals surface area (Å²) in [5.41, 5.74) is 5.68. The minimum absolute atomic E-state index is 0.105. The zero-order chi connectivity index (χ0) is 28.1. The van der Waals surface area contributed by atoms with E-state index in [1.807, 2.05) is 72.9 Å². The Morgan fingerprint density at radius 2 is 1.50 bits per heavy atom. The topological polar surface area (TPSA) is 56.1 Å². The van der Waals surface area contributed by atoms with Crippen LogP contribution in [-0.2, 0) is 11.3 Å². The van der Waals surface area contributed by atoms with Gasteiger partial charge in [-0.1, -0.05) is 65.7 Å². The van der Waals surface area contributed by atoms with Crippen LogP contribution >= 0.6 is 23.2 Å². The molecule has 5 rings (SSSR count). The Hall–Kier alpha value is -4.32. The predicted octanol–water partition coefficient (Wildman–Crippen LogP) is 9.46. The van der Waals surface area contributed by atoms with Crippen LogP contribution in [0.4, 0.5) is 5.69 Å². The first-order chi connectivity index (χ1) is 19.4. The molecule has 0 radical (unpaired) electrons. The Morgan fingerprint density at radius 3 is 2.10 bits per heavy atom. The molecule has 0 aliphatic rings. The number of rotatable bonds is 8. The number of carbonyl (C=O) groups is 1. The molecule has 0 spiro atoms. The van der Waals surface area contributed by atoms with E-state index in [1.165, 1.54) is 6.92 Å². The lowest BCUT2D eigenvalue weighted by Crippen LogP contribution is -2.05. The van der Waals surface area contributed by atoms with Gasteiger partial charge in [-0.15, -0.1) is 0 Å². The van der Waals surface area contributed by atoms with Gasteiger partial charge < -0.3 is 14.6 Å². The Balaban J connectivity index is 1.25. The van der Waals surface area contributed by atoms with Gasteiger partial charge in [0.1, 0.15) is 17.3 Å². The minimum atomic E-state index is -0.105. The number of carbonyl (C=O) groups excluding carboxylic acids is 1. The molecule has 1 aromatic heterocycles. The number of hydrogen-bond acceptors (Lipinski definition) is 3. The summed E-state index contributed by atoms with van der Waals surface area (Å²) in [6, 6.07) is 29.0. The van der Waals surface area contributed by atoms with Crippen LogP contribution in [0.2, 0.25) is 10.0 Å². The third-order valence-corrected chi connectivity index (χ3v) is 6.84. The van der Waals surface area contributed by atoms with Gasteiger partial charge >= 0.3 is 0 Å². The second-order valence-electron chi connectivity index (χ2n) is 9.18. The van der Waals surface area contributed by atoms with Gasteiger partial charge in [-0.05, 0) is 84.3 Å². The number of halogens is 2. The lowest BCUT2D eigenvalue weighted by atomic mass is 10.0. The maximum Gasteiger partial charge on any atom is 0.221 e. The predicted molar refractivity (Wildman–Crippen MR) is 165 cm³/mol. The lowest BCUT2D eigenvalue weighted by Gasteiger charge is -2.08. The SMILES string of the molecule is CCn1cc(-c2ccc(Cl)cc2Cl)nc1/C=C/c1ccc(-c2ccc(Oc3ccc(NC(C)=O)cc3)cc2)cc1. The molecular weight excluding hydrogens is 541 g/mol. The first-order valence-electron chi connectivity index (χ1n) is 12.8. The number of hydrogen-bond donors (Lipinski definition) is 1. The Labute approximate surface area is 243 Å². The van der Waals surface area contributed by atoms with Gasteiger partial charge in [0.2, 0.25) is 5.91 Å². The van der Waals surface area contributed by atoms with Crippen molar-refractivity contribution in [3.63, 3.8) is 0 Å². The van der Waals surface area contributed by atoms with Crippen molar-refractivity contribution in [2.75, 3.05) is 5.32 Å². The van der Waals surface area contributed by atoms with Crippen molar-refractivity contribution in [1.82, 2.24) is 9.55 Å². The molecule has 0 saturated heterocycles. The van der Waals surface area contributed by atoms with E-state index in [0.717, 1.165) is 51.8 Å². The summed E-state index contributed by atoms with van der Waals surface area (Å²) in [4.78, 5) is 16.0. The molecule has 0 bridgehead atoms. The lowest BCUT2D eigenvalue weighted by molar-refractivity contribution is -0.114. The molecule has 1 amide bonds. The van der Waals surface area contributed by atoms with Gasteiger partial charge in [-0.3, -0.25) is 4.79 Å². The molecule has 40 heavy (non-hydrogen) atoms. The van der Waals surface area contributed by atoms with E-state index in [1.54, 1.807) is 6.07 Å². The number of nitrogens with one attached hydrogen (secondary N) is 1. The first-order valence-corrected chi connectivity index (χ1v) is 13.6. The van der Waals surface area contributed by atoms with E-state index in [9.17, 15) is 4.79 Å². The zero-order valence-corrected chi connectivity index (χ0v) is 23.6. The number of benzene rings is 4. The normalized spacial score (nSPS) is 11.1. The van der Waals surface area contributed by atoms with Crippen molar-refractivity contribution < 1.29 is 9.53 Å². The summed E-state index contributed by atoms with van der Waals surface area (Å²) in [5, 5.41) is 3.93. The number of imidazole rings is 1. The average molecular weight is 569 g/mol. The van der Waals surface area contributed by atoms with Crippen molar-refractivity contribution in [3.05, 3.63) is 119 Å². The van der Waals surface area contributed by atoms with Crippen LogP contribution in [0.5, 0.6) is 11.5 Å². The third-order valence-electron chi connectivity index (χ3n) is 6.29. The van der Waals surface area contributed by atoms with Gasteiger partial charge in [-0.25, -0.2) is 4.98 Å². The summed E-state index contributed by atoms with van der Waals surface area (Å²) < 4.78 is 8.03. The third kappa shape index (κ3) is 6.63. The molecule has 0 unspecified atom stereocenters. The zero-order valence-electron chi connectivity index (χ0n) is 22.1. The quantitative estimate of drug-likeness (QED) is 0.203. The summed E-state index contributed by atoms with van der Waals surface area (Å²) in [5.74, 6) is 2.19. The van der Waals surface area contributed by atoms with Crippen molar-refractivity contribution in [1.29, 1.82) is 0 Å². The van der Waals surface area contributed by atoms with Crippen molar-refractivity contribution >= 4 is 46.9 Å². The Bertz CT molecular complexity index is 1660. The monoisotopic (exact) mass is 567 g/mol. The number of aryl methyl sites for hydroxylation is 1. The van der Waals surface area contributed by atoms with Crippen LogP contribution in [0.1, 0.15) is 25.2 Å². The average Bonchev–Trinajstić information content (AvgIpc) is 3.36. The summed E-state index contributed by atoms with van der Waals surface area (Å²) in [6.07, 6.45) is 6.08. The molecule has 1 heterocycles. The highest BCUT2D eigenvalue weighted by Crippen LogP contribution is 2.31. The largest absolute Gasteiger partial charge is 0.457 e. The summed E-state index contributed by atoms with van der Waals surface area (Å²) >= 11 is 12.5. The standard InChI is InChI=1S/C33H27Cl2N3O2/c1-3-38-21-32(30-18-11-26(34)20-31(30)35)37-33(38)19-6-23-4-7-24(8-5-23)25-9-14-28(15-10-25)40-29-16-12-27(13-17-29)36-22(2)39/h4-21H,3H2,1-2H3,(H,36,39)/b19-6+. The van der Waals surface area contributed by atoms with Gasteiger partial charge in [0.15, 0.2) is 0 Å². The molecule has 1 N–H and O–H groups in total. The molecule has 200 valence electrons. The van der Waals surface area contributed by atoms with Crippen LogP contribution < -0.4 is 10.1 Å². The maximum atomic E-state index is 11.2. The molecule has 5 nitrogen and oxygen atoms in total. The van der Waals surface area contributed by atoms with Gasteiger partial charge in [0.05, 0.1) is 10.7 Å². The molecule has 7 heteroatoms. The van der Waals surface area contributed by atoms with Crippen molar-refractivity contribution in [2.45, 2.75) is 20.4 Å². The van der Waals surface area contributed by atoms with E-state index in [2.05, 4.69) is 47.1 Å². The molecule has 0 aliphatic heterocycles. The van der Waals surface area contributed by atoms with Crippen LogP contribution in [-0.4, -0.2) is 15.5 Å². The molecule has 0 atom stereocenters. The van der Waals surface area contributed by atoms with E-state index < -0.39 is 0 Å². The number of amides is 1. The van der Waals surface area contributed by atoms with Crippen molar-refractivity contribution in [3.8, 4) is 33.9 Å². The second kappa shape index (κ2) is 12.2. The summed E-state index contributed by atoms with van der Waals surface area (Å²) in [6.45, 7) is 4.36. The van der Waals surface area contributed by atoms with Crippen molar-refractivity contribution in [2.24, 2.45) is 0 Å². The smallest absolute Gasteiger partial charge is 0.221 e. The van der Waals surface area contributed by atoms with Crippen LogP contribution in [0, 0.1) is 0 Å². The highest BCUT2D eigenvalue weighted by molar-refractivity contribution is 6.36. The fraction of sp³-hybridized carbons (Fsp3) is 0.0909. The van der Waals surface area contributed by atoms with Crippen LogP contribution in [0.3, 0.4) is 0 Å². The molecular formula is C33H27Cl2N3O2. The van der Waals surface area contributed by atoms with Crippen LogP contribution in [0.15, 0.2) is 97.2 Å². The first kappa shape index (κ1) is 27.3. The van der Waals surface area contributed by atoms with E-state index >= 15 is 0 Å². The highest BCUT2D eigenvalue weighted by Gasteiger charge is 2.11. The Morgan fingerprint density at radius 1 is 0.875 bits per heavy atom. The number of nitrogens with zero attached hydrogens (tertiary/aromatic N) is 2. The maximum absolute atomic E-state index is 11.2. The van der Waals surface area contributed by atoms with E-state index in [4.69, 9.17) is 32.9 Å². The van der Waals surface area contributed by atoms with Gasteiger partial charge in [-0.2, -0.15) is 0 Å².